The van der Waals surface area contributed by atoms with Crippen LogP contribution < -0.4 is 5.32 Å². The van der Waals surface area contributed by atoms with Crippen LogP contribution in [0.5, 0.6) is 0 Å². The van der Waals surface area contributed by atoms with Gasteiger partial charge in [0.1, 0.15) is 0 Å². The van der Waals surface area contributed by atoms with Crippen LogP contribution >= 0.6 is 15.9 Å². The van der Waals surface area contributed by atoms with Gasteiger partial charge < -0.3 is 10.2 Å². The Morgan fingerprint density at radius 1 is 1.37 bits per heavy atom. The average molecular weight is 339 g/mol. The van der Waals surface area contributed by atoms with Crippen molar-refractivity contribution >= 4 is 21.8 Å². The van der Waals surface area contributed by atoms with E-state index in [0.29, 0.717) is 13.1 Å². The molecule has 1 rings (SSSR count). The molecule has 0 spiro atoms. The summed E-state index contributed by atoms with van der Waals surface area (Å²) in [4.78, 5) is 13.6. The number of carbonyl (C=O) groups excluding carboxylic acids is 1. The summed E-state index contributed by atoms with van der Waals surface area (Å²) in [5, 5.41) is 2.57. The van der Waals surface area contributed by atoms with Crippen LogP contribution in [0.1, 0.15) is 15.9 Å². The number of hydrogen-bond donors (Lipinski definition) is 1. The molecule has 0 heterocycles. The fourth-order valence-electron chi connectivity index (χ4n) is 1.38. The Kier molecular flexibility index (Phi) is 5.37. The molecular weight excluding hydrogens is 325 g/mol. The van der Waals surface area contributed by atoms with Gasteiger partial charge in [-0.15, -0.1) is 0 Å². The Hall–Kier alpha value is -1.08. The number of nitrogens with zero attached hydrogens (tertiary/aromatic N) is 1. The van der Waals surface area contributed by atoms with Gasteiger partial charge in [0.25, 0.3) is 5.91 Å². The summed E-state index contributed by atoms with van der Waals surface area (Å²) in [5.41, 5.74) is -0.859. The minimum absolute atomic E-state index is 0.00530. The van der Waals surface area contributed by atoms with E-state index in [-0.39, 0.29) is 10.0 Å². The lowest BCUT2D eigenvalue weighted by Gasteiger charge is -2.12. The first kappa shape index (κ1) is 16.0. The first-order valence-corrected chi connectivity index (χ1v) is 6.31. The van der Waals surface area contributed by atoms with E-state index in [1.165, 1.54) is 12.1 Å². The predicted octanol–water partition coefficient (Wildman–Crippen LogP) is 2.76. The molecule has 0 aliphatic rings. The maximum Gasteiger partial charge on any atom is 0.417 e. The van der Waals surface area contributed by atoms with Gasteiger partial charge in [0.05, 0.1) is 5.56 Å². The van der Waals surface area contributed by atoms with Crippen LogP contribution in [0.3, 0.4) is 0 Å². The van der Waals surface area contributed by atoms with Gasteiger partial charge in [-0.1, -0.05) is 15.9 Å². The highest BCUT2D eigenvalue weighted by molar-refractivity contribution is 9.10. The lowest BCUT2D eigenvalue weighted by Crippen LogP contribution is -2.31. The molecule has 106 valence electrons. The monoisotopic (exact) mass is 338 g/mol. The smallest absolute Gasteiger partial charge is 0.351 e. The minimum atomic E-state index is -4.49. The molecule has 0 radical (unpaired) electrons. The quantitative estimate of drug-likeness (QED) is 0.915. The van der Waals surface area contributed by atoms with Crippen LogP contribution in [0, 0.1) is 0 Å². The van der Waals surface area contributed by atoms with Gasteiger partial charge in [-0.3, -0.25) is 4.79 Å². The van der Waals surface area contributed by atoms with Gasteiger partial charge in [-0.2, -0.15) is 13.2 Å². The number of rotatable bonds is 4. The summed E-state index contributed by atoms with van der Waals surface area (Å²) in [7, 11) is 3.68. The molecule has 7 heteroatoms. The van der Waals surface area contributed by atoms with Crippen LogP contribution in [0.15, 0.2) is 22.7 Å². The summed E-state index contributed by atoms with van der Waals surface area (Å²) in [6.45, 7) is 0.998. The van der Waals surface area contributed by atoms with Crippen molar-refractivity contribution in [3.05, 3.63) is 33.8 Å². The number of alkyl halides is 3. The van der Waals surface area contributed by atoms with Crippen molar-refractivity contribution in [2.75, 3.05) is 27.2 Å². The van der Waals surface area contributed by atoms with E-state index < -0.39 is 17.6 Å². The van der Waals surface area contributed by atoms with E-state index in [1.807, 2.05) is 19.0 Å². The lowest BCUT2D eigenvalue weighted by molar-refractivity contribution is -0.138. The van der Waals surface area contributed by atoms with E-state index >= 15 is 0 Å². The molecule has 1 amide bonds. The summed E-state index contributed by atoms with van der Waals surface area (Å²) >= 11 is 2.83. The highest BCUT2D eigenvalue weighted by Gasteiger charge is 2.33. The second kappa shape index (κ2) is 6.38. The molecule has 0 aromatic heterocycles. The number of likely N-dealkylation sites (N-methyl/N-ethyl adjacent to an activating group) is 1. The third kappa shape index (κ3) is 4.83. The fraction of sp³-hybridized carbons (Fsp3) is 0.417. The minimum Gasteiger partial charge on any atom is -0.351 e. The Labute approximate surface area is 117 Å². The standard InChI is InChI=1S/C12H14BrF3N2O/c1-18(2)6-5-17-11(19)8-3-4-10(13)9(7-8)12(14,15)16/h3-4,7H,5-6H2,1-2H3,(H,17,19). The molecule has 0 unspecified atom stereocenters. The molecule has 3 nitrogen and oxygen atoms in total. The third-order valence-electron chi connectivity index (χ3n) is 2.38. The largest absolute Gasteiger partial charge is 0.417 e. The number of benzene rings is 1. The van der Waals surface area contributed by atoms with Crippen molar-refractivity contribution in [1.82, 2.24) is 10.2 Å². The molecule has 1 N–H and O–H groups in total. The second-order valence-corrected chi connectivity index (χ2v) is 5.11. The van der Waals surface area contributed by atoms with E-state index in [4.69, 9.17) is 0 Å². The molecule has 0 fully saturated rings. The molecule has 0 saturated heterocycles. The second-order valence-electron chi connectivity index (χ2n) is 4.25. The summed E-state index contributed by atoms with van der Waals surface area (Å²) < 4.78 is 38.0. The van der Waals surface area contributed by atoms with E-state index in [0.717, 1.165) is 6.07 Å². The zero-order valence-electron chi connectivity index (χ0n) is 10.5. The molecule has 0 aliphatic carbocycles. The number of amides is 1. The molecule has 0 aliphatic heterocycles. The molecule has 0 bridgehead atoms. The van der Waals surface area contributed by atoms with Gasteiger partial charge in [-0.05, 0) is 32.3 Å². The molecule has 0 saturated carbocycles. The SMILES string of the molecule is CN(C)CCNC(=O)c1ccc(Br)c(C(F)(F)F)c1. The van der Waals surface area contributed by atoms with Crippen molar-refractivity contribution < 1.29 is 18.0 Å². The zero-order chi connectivity index (χ0) is 14.6. The highest BCUT2D eigenvalue weighted by atomic mass is 79.9. The maximum absolute atomic E-state index is 12.7. The van der Waals surface area contributed by atoms with Gasteiger partial charge in [0.2, 0.25) is 0 Å². The Bertz CT molecular complexity index is 461. The molecule has 0 atom stereocenters. The summed E-state index contributed by atoms with van der Waals surface area (Å²) in [5.74, 6) is -0.514. The molecule has 19 heavy (non-hydrogen) atoms. The van der Waals surface area contributed by atoms with Gasteiger partial charge in [-0.25, -0.2) is 0 Å². The maximum atomic E-state index is 12.7. The number of halogens is 4. The number of hydrogen-bond acceptors (Lipinski definition) is 2. The molecule has 1 aromatic rings. The van der Waals surface area contributed by atoms with E-state index in [1.54, 1.807) is 0 Å². The van der Waals surface area contributed by atoms with Crippen molar-refractivity contribution in [1.29, 1.82) is 0 Å². The van der Waals surface area contributed by atoms with Crippen molar-refractivity contribution in [2.24, 2.45) is 0 Å². The van der Waals surface area contributed by atoms with Gasteiger partial charge in [0, 0.05) is 23.1 Å². The normalized spacial score (nSPS) is 11.7. The highest BCUT2D eigenvalue weighted by Crippen LogP contribution is 2.35. The van der Waals surface area contributed by atoms with Gasteiger partial charge in [0.15, 0.2) is 0 Å². The average Bonchev–Trinajstić information content (AvgIpc) is 2.27. The molecular formula is C12H14BrF3N2O. The Morgan fingerprint density at radius 3 is 2.53 bits per heavy atom. The molecule has 1 aromatic carbocycles. The van der Waals surface area contributed by atoms with Crippen molar-refractivity contribution in [3.63, 3.8) is 0 Å². The van der Waals surface area contributed by atoms with E-state index in [2.05, 4.69) is 21.2 Å². The number of carbonyl (C=O) groups is 1. The fourth-order valence-corrected chi connectivity index (χ4v) is 1.85. The first-order valence-electron chi connectivity index (χ1n) is 5.51. The van der Waals surface area contributed by atoms with Crippen LogP contribution in [0.4, 0.5) is 13.2 Å². The lowest BCUT2D eigenvalue weighted by atomic mass is 10.1. The van der Waals surface area contributed by atoms with Crippen molar-refractivity contribution in [2.45, 2.75) is 6.18 Å². The predicted molar refractivity (Wildman–Crippen MR) is 70.0 cm³/mol. The van der Waals surface area contributed by atoms with Crippen LogP contribution in [0.2, 0.25) is 0 Å². The van der Waals surface area contributed by atoms with Crippen LogP contribution in [-0.4, -0.2) is 38.0 Å². The topological polar surface area (TPSA) is 32.3 Å². The Balaban J connectivity index is 2.82. The third-order valence-corrected chi connectivity index (χ3v) is 3.07. The first-order chi connectivity index (χ1) is 8.71. The van der Waals surface area contributed by atoms with Crippen LogP contribution in [-0.2, 0) is 6.18 Å². The Morgan fingerprint density at radius 2 is 2.00 bits per heavy atom. The number of nitrogens with one attached hydrogen (secondary N) is 1. The zero-order valence-corrected chi connectivity index (χ0v) is 12.1. The van der Waals surface area contributed by atoms with Crippen molar-refractivity contribution in [3.8, 4) is 0 Å². The summed E-state index contributed by atoms with van der Waals surface area (Å²) in [6.07, 6.45) is -4.49. The van der Waals surface area contributed by atoms with Gasteiger partial charge >= 0.3 is 6.18 Å². The summed E-state index contributed by atoms with van der Waals surface area (Å²) in [6, 6.07) is 3.42. The van der Waals surface area contributed by atoms with Crippen LogP contribution in [0.25, 0.3) is 0 Å². The van der Waals surface area contributed by atoms with E-state index in [9.17, 15) is 18.0 Å².